The lowest BCUT2D eigenvalue weighted by molar-refractivity contribution is -0.126. The molecule has 6 rings (SSSR count). The van der Waals surface area contributed by atoms with Gasteiger partial charge < -0.3 is 14.2 Å². The second kappa shape index (κ2) is 8.35. The van der Waals surface area contributed by atoms with Crippen LogP contribution in [0.5, 0.6) is 0 Å². The topological polar surface area (TPSA) is 70.8 Å². The van der Waals surface area contributed by atoms with Gasteiger partial charge >= 0.3 is 0 Å². The van der Waals surface area contributed by atoms with Crippen LogP contribution in [0.3, 0.4) is 0 Å². The van der Waals surface area contributed by atoms with Crippen molar-refractivity contribution in [3.05, 3.63) is 110 Å². The Balaban J connectivity index is 1.65. The van der Waals surface area contributed by atoms with Gasteiger partial charge in [0.25, 0.3) is 11.8 Å². The molecule has 7 heteroatoms. The van der Waals surface area contributed by atoms with Crippen LogP contribution < -0.4 is 10.3 Å². The average Bonchev–Trinajstić information content (AvgIpc) is 3.29. The number of hydrogen-bond acceptors (Lipinski definition) is 4. The Morgan fingerprint density at radius 3 is 2.44 bits per heavy atom. The fourth-order valence-corrected chi connectivity index (χ4v) is 5.70. The molecule has 0 radical (unpaired) electrons. The number of amides is 2. The maximum atomic E-state index is 14.6. The molecule has 0 saturated heterocycles. The van der Waals surface area contributed by atoms with Gasteiger partial charge in [0.05, 0.1) is 23.2 Å². The first-order valence-corrected chi connectivity index (χ1v) is 12.4. The first-order chi connectivity index (χ1) is 17.5. The molecule has 180 valence electrons. The van der Waals surface area contributed by atoms with E-state index in [1.54, 1.807) is 40.1 Å². The van der Waals surface area contributed by atoms with Crippen molar-refractivity contribution in [3.8, 4) is 0 Å². The molecule has 1 atom stereocenters. The van der Waals surface area contributed by atoms with Gasteiger partial charge in [-0.2, -0.15) is 0 Å². The largest absolute Gasteiger partial charge is 0.450 e. The van der Waals surface area contributed by atoms with E-state index in [9.17, 15) is 14.4 Å². The van der Waals surface area contributed by atoms with E-state index in [-0.39, 0.29) is 29.2 Å². The van der Waals surface area contributed by atoms with E-state index in [1.807, 2.05) is 49.4 Å². The first kappa shape index (κ1) is 22.6. The summed E-state index contributed by atoms with van der Waals surface area (Å²) in [6.07, 6.45) is 1.49. The van der Waals surface area contributed by atoms with Crippen LogP contribution in [0.2, 0.25) is 5.02 Å². The Bertz CT molecular complexity index is 1610. The Morgan fingerprint density at radius 1 is 0.917 bits per heavy atom. The van der Waals surface area contributed by atoms with E-state index in [2.05, 4.69) is 0 Å². The van der Waals surface area contributed by atoms with Gasteiger partial charge in [0, 0.05) is 17.1 Å². The summed E-state index contributed by atoms with van der Waals surface area (Å²) < 4.78 is 6.05. The second-order valence-electron chi connectivity index (χ2n) is 9.15. The van der Waals surface area contributed by atoms with Gasteiger partial charge in [-0.15, -0.1) is 0 Å². The second-order valence-corrected chi connectivity index (χ2v) is 9.56. The number of carbonyl (C=O) groups excluding carboxylic acids is 2. The number of unbranched alkanes of at least 4 members (excludes halogenated alkanes) is 1. The molecule has 3 aromatic carbocycles. The molecule has 2 amide bonds. The van der Waals surface area contributed by atoms with Gasteiger partial charge in [-0.05, 0) is 36.2 Å². The molecule has 1 unspecified atom stereocenters. The normalized spacial score (nSPS) is 18.4. The molecule has 0 saturated carbocycles. The Kier molecular flexibility index (Phi) is 5.23. The zero-order valence-electron chi connectivity index (χ0n) is 19.7. The van der Waals surface area contributed by atoms with E-state index >= 15 is 0 Å². The van der Waals surface area contributed by atoms with Gasteiger partial charge in [-0.1, -0.05) is 73.5 Å². The smallest absolute Gasteiger partial charge is 0.291 e. The Hall–Kier alpha value is -3.90. The predicted molar refractivity (Wildman–Crippen MR) is 138 cm³/mol. The lowest BCUT2D eigenvalue weighted by Gasteiger charge is -2.34. The SMILES string of the molecule is CCCCN1C(=O)c2oc3ccccc3c(=O)c2C12C(=O)N(Cc1ccccc1Cl)c1ccccc12. The van der Waals surface area contributed by atoms with E-state index in [1.165, 1.54) is 0 Å². The average molecular weight is 499 g/mol. The third kappa shape index (κ3) is 2.94. The van der Waals surface area contributed by atoms with Gasteiger partial charge in [0.2, 0.25) is 5.76 Å². The van der Waals surface area contributed by atoms with Crippen LogP contribution in [-0.4, -0.2) is 23.3 Å². The van der Waals surface area contributed by atoms with E-state index < -0.39 is 11.4 Å². The quantitative estimate of drug-likeness (QED) is 0.364. The molecule has 1 spiro atoms. The maximum absolute atomic E-state index is 14.6. The molecule has 0 aliphatic carbocycles. The highest BCUT2D eigenvalue weighted by Crippen LogP contribution is 2.53. The van der Waals surface area contributed by atoms with Gasteiger partial charge in [0.1, 0.15) is 5.58 Å². The minimum atomic E-state index is -1.59. The van der Waals surface area contributed by atoms with Gasteiger partial charge in [-0.25, -0.2) is 0 Å². The van der Waals surface area contributed by atoms with Crippen LogP contribution in [0.25, 0.3) is 11.0 Å². The molecule has 0 fully saturated rings. The number of para-hydroxylation sites is 2. The van der Waals surface area contributed by atoms with Crippen molar-refractivity contribution in [2.75, 3.05) is 11.4 Å². The number of fused-ring (bicyclic) bond motifs is 5. The van der Waals surface area contributed by atoms with Crippen molar-refractivity contribution in [2.45, 2.75) is 31.8 Å². The highest BCUT2D eigenvalue weighted by atomic mass is 35.5. The highest BCUT2D eigenvalue weighted by Gasteiger charge is 2.64. The minimum absolute atomic E-state index is 0.0578. The summed E-state index contributed by atoms with van der Waals surface area (Å²) in [5, 5.41) is 0.885. The van der Waals surface area contributed by atoms with Gasteiger partial charge in [-0.3, -0.25) is 14.4 Å². The number of carbonyl (C=O) groups is 2. The van der Waals surface area contributed by atoms with Crippen molar-refractivity contribution >= 4 is 40.1 Å². The molecule has 4 aromatic rings. The van der Waals surface area contributed by atoms with Crippen LogP contribution in [0.1, 0.15) is 47.0 Å². The summed E-state index contributed by atoms with van der Waals surface area (Å²) in [6.45, 7) is 2.54. The fourth-order valence-electron chi connectivity index (χ4n) is 5.51. The Labute approximate surface area is 212 Å². The molecular weight excluding hydrogens is 476 g/mol. The van der Waals surface area contributed by atoms with Crippen molar-refractivity contribution in [2.24, 2.45) is 0 Å². The molecule has 2 aliphatic rings. The van der Waals surface area contributed by atoms with E-state index in [4.69, 9.17) is 16.0 Å². The summed E-state index contributed by atoms with van der Waals surface area (Å²) in [4.78, 5) is 45.6. The molecule has 36 heavy (non-hydrogen) atoms. The first-order valence-electron chi connectivity index (χ1n) is 12.0. The zero-order valence-corrected chi connectivity index (χ0v) is 20.4. The van der Waals surface area contributed by atoms with E-state index in [0.29, 0.717) is 40.2 Å². The molecular formula is C29H23ClN2O4. The summed E-state index contributed by atoms with van der Waals surface area (Å²) in [5.41, 5.74) is 0.501. The fraction of sp³-hybridized carbons (Fsp3) is 0.207. The number of halogens is 1. The lowest BCUT2D eigenvalue weighted by atomic mass is 9.84. The van der Waals surface area contributed by atoms with Crippen molar-refractivity contribution in [1.29, 1.82) is 0 Å². The number of hydrogen-bond donors (Lipinski definition) is 0. The van der Waals surface area contributed by atoms with Crippen molar-refractivity contribution in [3.63, 3.8) is 0 Å². The molecule has 3 heterocycles. The van der Waals surface area contributed by atoms with Crippen LogP contribution in [0, 0.1) is 0 Å². The third-order valence-electron chi connectivity index (χ3n) is 7.16. The number of anilines is 1. The molecule has 6 nitrogen and oxygen atoms in total. The monoisotopic (exact) mass is 498 g/mol. The summed E-state index contributed by atoms with van der Waals surface area (Å²) in [7, 11) is 0. The molecule has 2 aliphatic heterocycles. The number of nitrogens with zero attached hydrogens (tertiary/aromatic N) is 2. The predicted octanol–water partition coefficient (Wildman–Crippen LogP) is 5.49. The summed E-state index contributed by atoms with van der Waals surface area (Å²) in [5.74, 6) is -0.851. The van der Waals surface area contributed by atoms with Crippen molar-refractivity contribution in [1.82, 2.24) is 4.90 Å². The van der Waals surface area contributed by atoms with Crippen LogP contribution in [0.4, 0.5) is 5.69 Å². The maximum Gasteiger partial charge on any atom is 0.291 e. The minimum Gasteiger partial charge on any atom is -0.450 e. The van der Waals surface area contributed by atoms with Crippen LogP contribution in [0.15, 0.2) is 82.0 Å². The third-order valence-corrected chi connectivity index (χ3v) is 7.53. The van der Waals surface area contributed by atoms with Crippen LogP contribution >= 0.6 is 11.6 Å². The Morgan fingerprint density at radius 2 is 1.64 bits per heavy atom. The molecule has 1 aromatic heterocycles. The number of benzene rings is 3. The van der Waals surface area contributed by atoms with E-state index in [0.717, 1.165) is 12.0 Å². The zero-order chi connectivity index (χ0) is 25.0. The summed E-state index contributed by atoms with van der Waals surface area (Å²) >= 11 is 6.45. The van der Waals surface area contributed by atoms with Crippen LogP contribution in [-0.2, 0) is 16.9 Å². The summed E-state index contributed by atoms with van der Waals surface area (Å²) in [6, 6.07) is 21.5. The highest BCUT2D eigenvalue weighted by molar-refractivity contribution is 6.31. The molecule has 0 N–H and O–H groups in total. The molecule has 0 bridgehead atoms. The van der Waals surface area contributed by atoms with Crippen molar-refractivity contribution < 1.29 is 14.0 Å². The van der Waals surface area contributed by atoms with Gasteiger partial charge in [0.15, 0.2) is 11.0 Å². The standard InChI is InChI=1S/C29H23ClN2O4/c1-2-3-16-32-27(34)26-24(25(33)19-11-5-9-15-23(19)36-26)29(32)20-12-6-8-14-22(20)31(28(29)35)17-18-10-4-7-13-21(18)30/h4-15H,2-3,16-17H2,1H3. The number of rotatable bonds is 5. The lowest BCUT2D eigenvalue weighted by Crippen LogP contribution is -2.53.